The van der Waals surface area contributed by atoms with E-state index in [2.05, 4.69) is 42.5 Å². The predicted octanol–water partition coefficient (Wildman–Crippen LogP) is 5.08. The molecule has 120 valence electrons. The molecule has 23 heavy (non-hydrogen) atoms. The third kappa shape index (κ3) is 3.35. The van der Waals surface area contributed by atoms with Crippen LogP contribution in [0, 0.1) is 20.8 Å². The fraction of sp³-hybridized carbons (Fsp3) is 0.316. The molecule has 0 aliphatic rings. The molecule has 3 rings (SSSR count). The highest BCUT2D eigenvalue weighted by Crippen LogP contribution is 2.24. The summed E-state index contributed by atoms with van der Waals surface area (Å²) in [6, 6.07) is 12.0. The van der Waals surface area contributed by atoms with Gasteiger partial charge in [-0.1, -0.05) is 23.7 Å². The average Bonchev–Trinajstić information content (AvgIpc) is 2.81. The van der Waals surface area contributed by atoms with E-state index < -0.39 is 0 Å². The highest BCUT2D eigenvalue weighted by atomic mass is 35.5. The molecule has 0 N–H and O–H groups in total. The SMILES string of the molecule is Cc1cc2nc(C)n(CCCOc3ccccc3Cl)c2cc1C. The van der Waals surface area contributed by atoms with Crippen molar-refractivity contribution in [2.75, 3.05) is 6.61 Å². The van der Waals surface area contributed by atoms with E-state index in [1.165, 1.54) is 16.6 Å². The molecule has 1 heterocycles. The predicted molar refractivity (Wildman–Crippen MR) is 95.5 cm³/mol. The quantitative estimate of drug-likeness (QED) is 0.610. The molecule has 0 saturated carbocycles. The Morgan fingerprint density at radius 2 is 1.83 bits per heavy atom. The van der Waals surface area contributed by atoms with Crippen LogP contribution >= 0.6 is 11.6 Å². The highest BCUT2D eigenvalue weighted by Gasteiger charge is 2.09. The van der Waals surface area contributed by atoms with Crippen molar-refractivity contribution in [3.05, 3.63) is 58.4 Å². The van der Waals surface area contributed by atoms with Gasteiger partial charge in [-0.15, -0.1) is 0 Å². The van der Waals surface area contributed by atoms with E-state index >= 15 is 0 Å². The summed E-state index contributed by atoms with van der Waals surface area (Å²) < 4.78 is 8.03. The summed E-state index contributed by atoms with van der Waals surface area (Å²) in [5, 5.41) is 0.655. The molecule has 0 aliphatic heterocycles. The lowest BCUT2D eigenvalue weighted by Gasteiger charge is -2.10. The molecule has 0 bridgehead atoms. The van der Waals surface area contributed by atoms with Crippen molar-refractivity contribution in [2.24, 2.45) is 0 Å². The second-order valence-electron chi connectivity index (χ2n) is 5.87. The van der Waals surface area contributed by atoms with Crippen molar-refractivity contribution in [2.45, 2.75) is 33.7 Å². The van der Waals surface area contributed by atoms with Gasteiger partial charge in [-0.05, 0) is 62.6 Å². The van der Waals surface area contributed by atoms with Crippen LogP contribution in [-0.2, 0) is 6.54 Å². The summed E-state index contributed by atoms with van der Waals surface area (Å²) in [6.07, 6.45) is 0.907. The van der Waals surface area contributed by atoms with E-state index in [4.69, 9.17) is 16.3 Å². The number of benzene rings is 2. The number of para-hydroxylation sites is 1. The molecule has 4 heteroatoms. The molecule has 0 aliphatic carbocycles. The number of rotatable bonds is 5. The highest BCUT2D eigenvalue weighted by molar-refractivity contribution is 6.32. The number of aryl methyl sites for hydroxylation is 4. The van der Waals surface area contributed by atoms with Gasteiger partial charge in [0, 0.05) is 6.54 Å². The summed E-state index contributed by atoms with van der Waals surface area (Å²) >= 11 is 6.10. The zero-order chi connectivity index (χ0) is 16.4. The van der Waals surface area contributed by atoms with Gasteiger partial charge in [0.15, 0.2) is 0 Å². The largest absolute Gasteiger partial charge is 0.492 e. The standard InChI is InChI=1S/C19H21ClN2O/c1-13-11-17-18(12-14(13)2)22(15(3)21-17)9-6-10-23-19-8-5-4-7-16(19)20/h4-5,7-8,11-12H,6,9-10H2,1-3H3. The lowest BCUT2D eigenvalue weighted by atomic mass is 10.1. The van der Waals surface area contributed by atoms with Crippen LogP contribution in [0.25, 0.3) is 11.0 Å². The molecule has 0 saturated heterocycles. The van der Waals surface area contributed by atoms with Gasteiger partial charge in [0.1, 0.15) is 11.6 Å². The summed E-state index contributed by atoms with van der Waals surface area (Å²) in [6.45, 7) is 7.84. The maximum atomic E-state index is 6.10. The number of halogens is 1. The van der Waals surface area contributed by atoms with Crippen LogP contribution < -0.4 is 4.74 Å². The number of fused-ring (bicyclic) bond motifs is 1. The van der Waals surface area contributed by atoms with Gasteiger partial charge in [-0.3, -0.25) is 0 Å². The van der Waals surface area contributed by atoms with Crippen LogP contribution in [-0.4, -0.2) is 16.2 Å². The van der Waals surface area contributed by atoms with Crippen molar-refractivity contribution in [3.8, 4) is 5.75 Å². The molecular formula is C19H21ClN2O. The molecule has 0 radical (unpaired) electrons. The first-order valence-electron chi connectivity index (χ1n) is 7.87. The topological polar surface area (TPSA) is 27.1 Å². The maximum Gasteiger partial charge on any atom is 0.137 e. The second-order valence-corrected chi connectivity index (χ2v) is 6.28. The van der Waals surface area contributed by atoms with E-state index in [0.29, 0.717) is 11.6 Å². The first-order chi connectivity index (χ1) is 11.1. The van der Waals surface area contributed by atoms with Crippen molar-refractivity contribution < 1.29 is 4.74 Å². The van der Waals surface area contributed by atoms with Crippen LogP contribution in [0.4, 0.5) is 0 Å². The van der Waals surface area contributed by atoms with Crippen LogP contribution in [0.15, 0.2) is 36.4 Å². The molecule has 0 fully saturated rings. The van der Waals surface area contributed by atoms with Gasteiger partial charge in [0.25, 0.3) is 0 Å². The molecule has 3 aromatic rings. The Labute approximate surface area is 141 Å². The molecule has 0 unspecified atom stereocenters. The minimum atomic E-state index is 0.633. The third-order valence-electron chi connectivity index (χ3n) is 4.17. The van der Waals surface area contributed by atoms with Crippen LogP contribution in [0.5, 0.6) is 5.75 Å². The Balaban J connectivity index is 1.69. The van der Waals surface area contributed by atoms with Gasteiger partial charge in [-0.25, -0.2) is 4.98 Å². The normalized spacial score (nSPS) is 11.1. The minimum absolute atomic E-state index is 0.633. The molecular weight excluding hydrogens is 308 g/mol. The zero-order valence-electron chi connectivity index (χ0n) is 13.8. The van der Waals surface area contributed by atoms with E-state index in [-0.39, 0.29) is 0 Å². The van der Waals surface area contributed by atoms with Crippen LogP contribution in [0.3, 0.4) is 0 Å². The second kappa shape index (κ2) is 6.63. The minimum Gasteiger partial charge on any atom is -0.492 e. The van der Waals surface area contributed by atoms with Crippen LogP contribution in [0.1, 0.15) is 23.4 Å². The first-order valence-corrected chi connectivity index (χ1v) is 8.25. The molecule has 1 aromatic heterocycles. The van der Waals surface area contributed by atoms with Gasteiger partial charge in [-0.2, -0.15) is 0 Å². The lowest BCUT2D eigenvalue weighted by Crippen LogP contribution is -2.06. The summed E-state index contributed by atoms with van der Waals surface area (Å²) in [4.78, 5) is 4.67. The fourth-order valence-electron chi connectivity index (χ4n) is 2.75. The van der Waals surface area contributed by atoms with Crippen molar-refractivity contribution >= 4 is 22.6 Å². The number of hydrogen-bond acceptors (Lipinski definition) is 2. The number of hydrogen-bond donors (Lipinski definition) is 0. The molecule has 2 aromatic carbocycles. The van der Waals surface area contributed by atoms with Gasteiger partial charge >= 0.3 is 0 Å². The summed E-state index contributed by atoms with van der Waals surface area (Å²) in [7, 11) is 0. The maximum absolute atomic E-state index is 6.10. The Hall–Kier alpha value is -2.00. The lowest BCUT2D eigenvalue weighted by molar-refractivity contribution is 0.302. The summed E-state index contributed by atoms with van der Waals surface area (Å²) in [5.41, 5.74) is 4.84. The number of aromatic nitrogens is 2. The van der Waals surface area contributed by atoms with Crippen LogP contribution in [0.2, 0.25) is 5.02 Å². The van der Waals surface area contributed by atoms with E-state index in [1.807, 2.05) is 24.3 Å². The molecule has 0 amide bonds. The monoisotopic (exact) mass is 328 g/mol. The Kier molecular flexibility index (Phi) is 4.58. The van der Waals surface area contributed by atoms with Crippen molar-refractivity contribution in [1.82, 2.24) is 9.55 Å². The Morgan fingerprint density at radius 1 is 1.09 bits per heavy atom. The van der Waals surface area contributed by atoms with Crippen molar-refractivity contribution in [1.29, 1.82) is 0 Å². The zero-order valence-corrected chi connectivity index (χ0v) is 14.5. The van der Waals surface area contributed by atoms with E-state index in [9.17, 15) is 0 Å². The number of imidazole rings is 1. The average molecular weight is 329 g/mol. The smallest absolute Gasteiger partial charge is 0.137 e. The number of ether oxygens (including phenoxy) is 1. The first kappa shape index (κ1) is 15.9. The van der Waals surface area contributed by atoms with Crippen molar-refractivity contribution in [3.63, 3.8) is 0 Å². The number of nitrogens with zero attached hydrogens (tertiary/aromatic N) is 2. The van der Waals surface area contributed by atoms with Gasteiger partial charge in [0.2, 0.25) is 0 Å². The summed E-state index contributed by atoms with van der Waals surface area (Å²) in [5.74, 6) is 1.79. The molecule has 3 nitrogen and oxygen atoms in total. The van der Waals surface area contributed by atoms with E-state index in [0.717, 1.165) is 30.1 Å². The van der Waals surface area contributed by atoms with Gasteiger partial charge in [0.05, 0.1) is 22.7 Å². The Bertz CT molecular complexity index is 839. The fourth-order valence-corrected chi connectivity index (χ4v) is 2.94. The molecule has 0 spiro atoms. The molecule has 0 atom stereocenters. The van der Waals surface area contributed by atoms with Gasteiger partial charge < -0.3 is 9.30 Å². The third-order valence-corrected chi connectivity index (χ3v) is 4.49. The Morgan fingerprint density at radius 3 is 2.61 bits per heavy atom. The van der Waals surface area contributed by atoms with E-state index in [1.54, 1.807) is 0 Å².